The smallest absolute Gasteiger partial charge is 0.254 e. The minimum absolute atomic E-state index is 0.146. The van der Waals surface area contributed by atoms with Crippen LogP contribution >= 0.6 is 11.3 Å². The average molecular weight is 280 g/mol. The highest BCUT2D eigenvalue weighted by Gasteiger charge is 2.33. The summed E-state index contributed by atoms with van der Waals surface area (Å²) in [7, 11) is 0. The van der Waals surface area contributed by atoms with Crippen LogP contribution in [-0.4, -0.2) is 59.1 Å². The highest BCUT2D eigenvalue weighted by Crippen LogP contribution is 2.25. The van der Waals surface area contributed by atoms with Gasteiger partial charge in [-0.1, -0.05) is 0 Å². The van der Waals surface area contributed by atoms with E-state index in [1.165, 1.54) is 0 Å². The molecule has 2 heterocycles. The van der Waals surface area contributed by atoms with Crippen LogP contribution in [0.1, 0.15) is 29.6 Å². The minimum Gasteiger partial charge on any atom is -0.391 e. The van der Waals surface area contributed by atoms with E-state index in [9.17, 15) is 9.90 Å². The van der Waals surface area contributed by atoms with Crippen LogP contribution in [0.3, 0.4) is 0 Å². The van der Waals surface area contributed by atoms with Crippen LogP contribution in [0, 0.1) is 0 Å². The first-order valence-electron chi connectivity index (χ1n) is 6.99. The van der Waals surface area contributed by atoms with Crippen molar-refractivity contribution in [2.24, 2.45) is 0 Å². The second-order valence-electron chi connectivity index (χ2n) is 5.41. The number of carbonyl (C=O) groups is 1. The molecule has 2 atom stereocenters. The van der Waals surface area contributed by atoms with E-state index in [0.29, 0.717) is 6.04 Å². The van der Waals surface area contributed by atoms with E-state index in [0.717, 1.165) is 51.0 Å². The predicted octanol–water partition coefficient (Wildman–Crippen LogP) is 1.42. The number of nitrogens with zero attached hydrogens (tertiary/aromatic N) is 2. The topological polar surface area (TPSA) is 43.8 Å². The molecule has 2 fully saturated rings. The lowest BCUT2D eigenvalue weighted by molar-refractivity contribution is 0.0316. The van der Waals surface area contributed by atoms with Crippen molar-refractivity contribution < 1.29 is 9.90 Å². The Kier molecular flexibility index (Phi) is 3.86. The van der Waals surface area contributed by atoms with Crippen LogP contribution in [0.5, 0.6) is 0 Å². The van der Waals surface area contributed by atoms with E-state index in [1.807, 2.05) is 21.7 Å². The monoisotopic (exact) mass is 280 g/mol. The molecule has 1 aromatic heterocycles. The fourth-order valence-corrected chi connectivity index (χ4v) is 3.80. The van der Waals surface area contributed by atoms with Crippen LogP contribution in [0.2, 0.25) is 0 Å². The van der Waals surface area contributed by atoms with Gasteiger partial charge in [-0.15, -0.1) is 0 Å². The van der Waals surface area contributed by atoms with Gasteiger partial charge in [0.05, 0.1) is 11.7 Å². The van der Waals surface area contributed by atoms with Gasteiger partial charge < -0.3 is 10.0 Å². The second kappa shape index (κ2) is 5.61. The molecule has 3 rings (SSSR count). The maximum atomic E-state index is 12.2. The molecular weight excluding hydrogens is 260 g/mol. The molecule has 1 amide bonds. The van der Waals surface area contributed by atoms with Gasteiger partial charge in [0.1, 0.15) is 0 Å². The van der Waals surface area contributed by atoms with Gasteiger partial charge in [0, 0.05) is 37.6 Å². The highest BCUT2D eigenvalue weighted by molar-refractivity contribution is 7.08. The van der Waals surface area contributed by atoms with Gasteiger partial charge in [0.15, 0.2) is 0 Å². The molecule has 1 N–H and O–H groups in total. The first-order chi connectivity index (χ1) is 9.25. The Bertz CT molecular complexity index is 427. The lowest BCUT2D eigenvalue weighted by Crippen LogP contribution is -2.53. The maximum Gasteiger partial charge on any atom is 0.254 e. The van der Waals surface area contributed by atoms with Crippen molar-refractivity contribution in [3.63, 3.8) is 0 Å². The Morgan fingerprint density at radius 3 is 2.63 bits per heavy atom. The fraction of sp³-hybridized carbons (Fsp3) is 0.643. The van der Waals surface area contributed by atoms with E-state index in [4.69, 9.17) is 0 Å². The number of aliphatic hydroxyl groups excluding tert-OH is 1. The van der Waals surface area contributed by atoms with Gasteiger partial charge in [0.25, 0.3) is 5.91 Å². The Balaban J connectivity index is 1.56. The minimum atomic E-state index is -0.167. The summed E-state index contributed by atoms with van der Waals surface area (Å²) in [4.78, 5) is 16.5. The molecule has 0 bridgehead atoms. The Morgan fingerprint density at radius 1 is 1.26 bits per heavy atom. The van der Waals surface area contributed by atoms with Crippen molar-refractivity contribution in [2.45, 2.75) is 31.4 Å². The molecule has 1 aliphatic carbocycles. The van der Waals surface area contributed by atoms with Gasteiger partial charge in [-0.3, -0.25) is 9.69 Å². The zero-order valence-electron chi connectivity index (χ0n) is 11.0. The molecule has 4 nitrogen and oxygen atoms in total. The molecule has 0 spiro atoms. The standard InChI is InChI=1S/C14H20N2O2S/c17-13-3-1-2-12(13)15-5-7-16(8-6-15)14(18)11-4-9-19-10-11/h4,9-10,12-13,17H,1-3,5-8H2/t12-,13-/m1/s1. The molecule has 1 aromatic rings. The third-order valence-electron chi connectivity index (χ3n) is 4.28. The summed E-state index contributed by atoms with van der Waals surface area (Å²) in [6, 6.07) is 2.21. The van der Waals surface area contributed by atoms with Gasteiger partial charge >= 0.3 is 0 Å². The Hall–Kier alpha value is -0.910. The van der Waals surface area contributed by atoms with Crippen molar-refractivity contribution in [3.8, 4) is 0 Å². The maximum absolute atomic E-state index is 12.2. The zero-order valence-corrected chi connectivity index (χ0v) is 11.8. The quantitative estimate of drug-likeness (QED) is 0.891. The summed E-state index contributed by atoms with van der Waals surface area (Å²) in [5.41, 5.74) is 0.805. The van der Waals surface area contributed by atoms with Crippen LogP contribution in [0.15, 0.2) is 16.8 Å². The molecule has 1 aliphatic heterocycles. The van der Waals surface area contributed by atoms with Crippen LogP contribution in [0.4, 0.5) is 0 Å². The zero-order chi connectivity index (χ0) is 13.2. The van der Waals surface area contributed by atoms with E-state index >= 15 is 0 Å². The summed E-state index contributed by atoms with van der Waals surface area (Å²) in [6.45, 7) is 3.32. The molecule has 0 radical (unpaired) electrons. The van der Waals surface area contributed by atoms with Crippen molar-refractivity contribution in [1.82, 2.24) is 9.80 Å². The third kappa shape index (κ3) is 2.68. The molecular formula is C14H20N2O2S. The van der Waals surface area contributed by atoms with Crippen LogP contribution in [-0.2, 0) is 0 Å². The lowest BCUT2D eigenvalue weighted by Gasteiger charge is -2.39. The fourth-order valence-electron chi connectivity index (χ4n) is 3.17. The number of aliphatic hydroxyl groups is 1. The average Bonchev–Trinajstić information content (AvgIpc) is 3.09. The first-order valence-corrected chi connectivity index (χ1v) is 7.93. The molecule has 104 valence electrons. The lowest BCUT2D eigenvalue weighted by atomic mass is 10.1. The van der Waals surface area contributed by atoms with Crippen LogP contribution < -0.4 is 0 Å². The van der Waals surface area contributed by atoms with E-state index in [2.05, 4.69) is 4.90 Å². The predicted molar refractivity (Wildman–Crippen MR) is 75.4 cm³/mol. The number of hydrogen-bond acceptors (Lipinski definition) is 4. The van der Waals surface area contributed by atoms with Gasteiger partial charge in [-0.2, -0.15) is 11.3 Å². The molecule has 1 saturated heterocycles. The molecule has 5 heteroatoms. The van der Waals surface area contributed by atoms with Gasteiger partial charge in [0.2, 0.25) is 0 Å². The summed E-state index contributed by atoms with van der Waals surface area (Å²) in [5.74, 6) is 0.146. The molecule has 0 aromatic carbocycles. The number of piperazine rings is 1. The van der Waals surface area contributed by atoms with Crippen molar-refractivity contribution in [2.75, 3.05) is 26.2 Å². The van der Waals surface area contributed by atoms with Crippen molar-refractivity contribution in [3.05, 3.63) is 22.4 Å². The van der Waals surface area contributed by atoms with Crippen LogP contribution in [0.25, 0.3) is 0 Å². The third-order valence-corrected chi connectivity index (χ3v) is 4.97. The number of amides is 1. The second-order valence-corrected chi connectivity index (χ2v) is 6.19. The summed E-state index contributed by atoms with van der Waals surface area (Å²) >= 11 is 1.56. The van der Waals surface area contributed by atoms with E-state index in [-0.39, 0.29) is 12.0 Å². The Morgan fingerprint density at radius 2 is 2.05 bits per heavy atom. The van der Waals surface area contributed by atoms with Gasteiger partial charge in [-0.05, 0) is 30.7 Å². The number of hydrogen-bond donors (Lipinski definition) is 1. The molecule has 1 saturated carbocycles. The summed E-state index contributed by atoms with van der Waals surface area (Å²) in [6.07, 6.45) is 2.98. The molecule has 2 aliphatic rings. The molecule has 19 heavy (non-hydrogen) atoms. The summed E-state index contributed by atoms with van der Waals surface area (Å²) < 4.78 is 0. The SMILES string of the molecule is O=C(c1ccsc1)N1CCN([C@@H]2CCC[C@H]2O)CC1. The van der Waals surface area contributed by atoms with E-state index in [1.54, 1.807) is 11.3 Å². The Labute approximate surface area is 117 Å². The molecule has 0 unspecified atom stereocenters. The van der Waals surface area contributed by atoms with Crippen molar-refractivity contribution in [1.29, 1.82) is 0 Å². The largest absolute Gasteiger partial charge is 0.391 e. The van der Waals surface area contributed by atoms with Gasteiger partial charge in [-0.25, -0.2) is 0 Å². The highest BCUT2D eigenvalue weighted by atomic mass is 32.1. The number of thiophene rings is 1. The normalized spacial score (nSPS) is 28.8. The number of rotatable bonds is 2. The van der Waals surface area contributed by atoms with E-state index < -0.39 is 0 Å². The number of carbonyl (C=O) groups excluding carboxylic acids is 1. The van der Waals surface area contributed by atoms with Crippen molar-refractivity contribution >= 4 is 17.2 Å². The summed E-state index contributed by atoms with van der Waals surface area (Å²) in [5, 5.41) is 13.8. The first kappa shape index (κ1) is 13.1.